The third kappa shape index (κ3) is 7.78. The van der Waals surface area contributed by atoms with Gasteiger partial charge < -0.3 is 19.7 Å². The molecule has 0 bridgehead atoms. The molecule has 1 aliphatic heterocycles. The van der Waals surface area contributed by atoms with Crippen LogP contribution in [0.25, 0.3) is 0 Å². The van der Waals surface area contributed by atoms with E-state index in [1.54, 1.807) is 0 Å². The van der Waals surface area contributed by atoms with Crippen LogP contribution in [-0.2, 0) is 9.47 Å². The van der Waals surface area contributed by atoms with E-state index < -0.39 is 0 Å². The second-order valence-corrected chi connectivity index (χ2v) is 8.29. The molecule has 1 aromatic heterocycles. The summed E-state index contributed by atoms with van der Waals surface area (Å²) in [7, 11) is 2.09. The van der Waals surface area contributed by atoms with E-state index in [0.717, 1.165) is 71.0 Å². The van der Waals surface area contributed by atoms with Gasteiger partial charge in [0.2, 0.25) is 0 Å². The standard InChI is InChI=1S/C20H34N4O2S.HI/c1-3-21-20(23(2)8-11-26-16-17-6-7-17)22-15-18(19-5-4-14-27-19)24-9-12-25-13-10-24;/h4-5,14,17-18H,3,6-13,15-16H2,1-2H3,(H,21,22);1H. The minimum Gasteiger partial charge on any atom is -0.379 e. The van der Waals surface area contributed by atoms with Crippen molar-refractivity contribution in [3.8, 4) is 0 Å². The van der Waals surface area contributed by atoms with Gasteiger partial charge in [-0.1, -0.05) is 6.07 Å². The molecule has 160 valence electrons. The Morgan fingerprint density at radius 3 is 2.86 bits per heavy atom. The van der Waals surface area contributed by atoms with Gasteiger partial charge in [-0.05, 0) is 37.1 Å². The molecule has 2 aliphatic rings. The highest BCUT2D eigenvalue weighted by atomic mass is 127. The first-order chi connectivity index (χ1) is 13.3. The van der Waals surface area contributed by atoms with E-state index in [9.17, 15) is 0 Å². The van der Waals surface area contributed by atoms with E-state index in [1.165, 1.54) is 17.7 Å². The molecule has 1 atom stereocenters. The Morgan fingerprint density at radius 1 is 1.43 bits per heavy atom. The largest absolute Gasteiger partial charge is 0.379 e. The SMILES string of the molecule is CCNC(=NCC(c1cccs1)N1CCOCC1)N(C)CCOCC1CC1.I. The number of nitrogens with one attached hydrogen (secondary N) is 1. The lowest BCUT2D eigenvalue weighted by Gasteiger charge is -2.33. The van der Waals surface area contributed by atoms with Crippen molar-refractivity contribution in [2.45, 2.75) is 25.8 Å². The Bertz CT molecular complexity index is 563. The summed E-state index contributed by atoms with van der Waals surface area (Å²) < 4.78 is 11.3. The van der Waals surface area contributed by atoms with Crippen molar-refractivity contribution in [1.82, 2.24) is 15.1 Å². The van der Waals surface area contributed by atoms with Gasteiger partial charge in [0.15, 0.2) is 5.96 Å². The molecule has 1 aliphatic carbocycles. The highest BCUT2D eigenvalue weighted by Gasteiger charge is 2.24. The zero-order valence-corrected chi connectivity index (χ0v) is 20.3. The van der Waals surface area contributed by atoms with Crippen molar-refractivity contribution in [2.75, 3.05) is 66.2 Å². The van der Waals surface area contributed by atoms with E-state index >= 15 is 0 Å². The average molecular weight is 522 g/mol. The zero-order chi connectivity index (χ0) is 18.9. The number of rotatable bonds is 10. The van der Waals surface area contributed by atoms with E-state index in [1.807, 2.05) is 11.3 Å². The van der Waals surface area contributed by atoms with Gasteiger partial charge in [0.25, 0.3) is 0 Å². The van der Waals surface area contributed by atoms with Crippen molar-refractivity contribution in [3.63, 3.8) is 0 Å². The minimum absolute atomic E-state index is 0. The predicted octanol–water partition coefficient (Wildman–Crippen LogP) is 3.06. The summed E-state index contributed by atoms with van der Waals surface area (Å²) in [5.74, 6) is 1.78. The molecule has 1 saturated heterocycles. The number of aliphatic imine (C=N–C) groups is 1. The molecule has 1 saturated carbocycles. The number of hydrogen-bond donors (Lipinski definition) is 1. The van der Waals surface area contributed by atoms with Crippen LogP contribution in [0.1, 0.15) is 30.7 Å². The van der Waals surface area contributed by atoms with Gasteiger partial charge in [0.1, 0.15) is 0 Å². The number of hydrogen-bond acceptors (Lipinski definition) is 5. The molecule has 0 radical (unpaired) electrons. The molecule has 6 nitrogen and oxygen atoms in total. The molecule has 0 spiro atoms. The molecule has 1 N–H and O–H groups in total. The Hall–Kier alpha value is -0.420. The molecule has 3 rings (SSSR count). The fourth-order valence-electron chi connectivity index (χ4n) is 3.24. The summed E-state index contributed by atoms with van der Waals surface area (Å²) in [4.78, 5) is 11.0. The molecular formula is C20H35IN4O2S. The highest BCUT2D eigenvalue weighted by Crippen LogP contribution is 2.28. The van der Waals surface area contributed by atoms with Gasteiger partial charge in [0, 0.05) is 44.7 Å². The number of halogens is 1. The van der Waals surface area contributed by atoms with Gasteiger partial charge in [-0.2, -0.15) is 0 Å². The van der Waals surface area contributed by atoms with E-state index in [-0.39, 0.29) is 24.0 Å². The van der Waals surface area contributed by atoms with Crippen LogP contribution in [0.3, 0.4) is 0 Å². The van der Waals surface area contributed by atoms with E-state index in [0.29, 0.717) is 6.04 Å². The minimum atomic E-state index is 0. The summed E-state index contributed by atoms with van der Waals surface area (Å²) in [6, 6.07) is 4.68. The number of thiophene rings is 1. The van der Waals surface area contributed by atoms with Crippen molar-refractivity contribution in [1.29, 1.82) is 0 Å². The van der Waals surface area contributed by atoms with Crippen molar-refractivity contribution >= 4 is 41.3 Å². The summed E-state index contributed by atoms with van der Waals surface area (Å²) in [5, 5.41) is 5.58. The number of likely N-dealkylation sites (N-methyl/N-ethyl adjacent to an activating group) is 1. The molecule has 1 aromatic rings. The van der Waals surface area contributed by atoms with Gasteiger partial charge in [0.05, 0.1) is 32.4 Å². The lowest BCUT2D eigenvalue weighted by Crippen LogP contribution is -2.42. The van der Waals surface area contributed by atoms with Crippen LogP contribution in [0.5, 0.6) is 0 Å². The second-order valence-electron chi connectivity index (χ2n) is 7.31. The van der Waals surface area contributed by atoms with Gasteiger partial charge in [-0.25, -0.2) is 0 Å². The first kappa shape index (κ1) is 23.9. The van der Waals surface area contributed by atoms with Gasteiger partial charge >= 0.3 is 0 Å². The van der Waals surface area contributed by atoms with Crippen molar-refractivity contribution < 1.29 is 9.47 Å². The highest BCUT2D eigenvalue weighted by molar-refractivity contribution is 14.0. The van der Waals surface area contributed by atoms with Crippen LogP contribution in [0.15, 0.2) is 22.5 Å². The molecule has 2 heterocycles. The summed E-state index contributed by atoms with van der Waals surface area (Å²) in [6.45, 7) is 9.84. The van der Waals surface area contributed by atoms with Crippen LogP contribution in [0, 0.1) is 5.92 Å². The van der Waals surface area contributed by atoms with Gasteiger partial charge in [-0.15, -0.1) is 35.3 Å². The lowest BCUT2D eigenvalue weighted by atomic mass is 10.2. The molecule has 28 heavy (non-hydrogen) atoms. The van der Waals surface area contributed by atoms with Crippen molar-refractivity contribution in [2.24, 2.45) is 10.9 Å². The maximum absolute atomic E-state index is 5.79. The first-order valence-corrected chi connectivity index (χ1v) is 11.1. The van der Waals surface area contributed by atoms with Crippen LogP contribution in [-0.4, -0.2) is 82.0 Å². The Morgan fingerprint density at radius 2 is 2.21 bits per heavy atom. The molecule has 1 unspecified atom stereocenters. The first-order valence-electron chi connectivity index (χ1n) is 10.2. The Kier molecular flexibility index (Phi) is 11.1. The van der Waals surface area contributed by atoms with Crippen LogP contribution in [0.2, 0.25) is 0 Å². The maximum Gasteiger partial charge on any atom is 0.193 e. The van der Waals surface area contributed by atoms with Crippen LogP contribution < -0.4 is 5.32 Å². The van der Waals surface area contributed by atoms with E-state index in [4.69, 9.17) is 14.5 Å². The Balaban J connectivity index is 0.00000280. The molecular weight excluding hydrogens is 487 g/mol. The van der Waals surface area contributed by atoms with Gasteiger partial charge in [-0.3, -0.25) is 9.89 Å². The Labute approximate surface area is 190 Å². The summed E-state index contributed by atoms with van der Waals surface area (Å²) in [5.41, 5.74) is 0. The number of nitrogens with zero attached hydrogens (tertiary/aromatic N) is 3. The normalized spacial score (nSPS) is 19.1. The smallest absolute Gasteiger partial charge is 0.193 e. The molecule has 8 heteroatoms. The lowest BCUT2D eigenvalue weighted by molar-refractivity contribution is 0.0186. The van der Waals surface area contributed by atoms with Crippen LogP contribution >= 0.6 is 35.3 Å². The summed E-state index contributed by atoms with van der Waals surface area (Å²) in [6.07, 6.45) is 2.68. The quantitative estimate of drug-likeness (QED) is 0.222. The van der Waals surface area contributed by atoms with Crippen molar-refractivity contribution in [3.05, 3.63) is 22.4 Å². The third-order valence-electron chi connectivity index (χ3n) is 5.09. The fourth-order valence-corrected chi connectivity index (χ4v) is 4.09. The monoisotopic (exact) mass is 522 g/mol. The molecule has 2 fully saturated rings. The maximum atomic E-state index is 5.79. The van der Waals surface area contributed by atoms with Crippen LogP contribution in [0.4, 0.5) is 0 Å². The average Bonchev–Trinajstić information content (AvgIpc) is 3.37. The molecule has 0 aromatic carbocycles. The number of morpholine rings is 1. The topological polar surface area (TPSA) is 49.3 Å². The third-order valence-corrected chi connectivity index (χ3v) is 6.06. The second kappa shape index (κ2) is 13.0. The van der Waals surface area contributed by atoms with E-state index in [2.05, 4.69) is 46.6 Å². The predicted molar refractivity (Wildman–Crippen MR) is 127 cm³/mol. The summed E-state index contributed by atoms with van der Waals surface area (Å²) >= 11 is 1.82. The zero-order valence-electron chi connectivity index (χ0n) is 17.1. The fraction of sp³-hybridized carbons (Fsp3) is 0.750. The number of guanidine groups is 1. The number of ether oxygens (including phenoxy) is 2. The molecule has 0 amide bonds.